The van der Waals surface area contributed by atoms with Crippen molar-refractivity contribution in [3.05, 3.63) is 84.2 Å². The Balaban J connectivity index is 0.000000160. The molecule has 0 unspecified atom stereocenters. The van der Waals surface area contributed by atoms with Crippen LogP contribution in [-0.2, 0) is 0 Å². The number of hydrogen-bond donors (Lipinski definition) is 1. The molecule has 1 nitrogen and oxygen atoms in total. The Labute approximate surface area is 126 Å². The van der Waals surface area contributed by atoms with Gasteiger partial charge in [0, 0.05) is 11.9 Å². The zero-order valence-corrected chi connectivity index (χ0v) is 12.7. The number of thiol groups is 1. The van der Waals surface area contributed by atoms with E-state index in [9.17, 15) is 0 Å². The molecule has 2 heteroatoms. The number of rotatable bonds is 1. The summed E-state index contributed by atoms with van der Waals surface area (Å²) in [6, 6.07) is 22.9. The van der Waals surface area contributed by atoms with Crippen molar-refractivity contribution >= 4 is 12.8 Å². The lowest BCUT2D eigenvalue weighted by molar-refractivity contribution is 1.19. The van der Waals surface area contributed by atoms with Gasteiger partial charge in [0.15, 0.2) is 0 Å². The molecule has 2 aromatic carbocycles. The number of aromatic nitrogens is 1. The highest BCUT2D eigenvalue weighted by Crippen LogP contribution is 2.17. The van der Waals surface area contributed by atoms with Crippen LogP contribution in [0.2, 0.25) is 0 Å². The van der Waals surface area contributed by atoms with E-state index >= 15 is 0 Å². The normalized spacial score (nSPS) is 9.75. The van der Waals surface area contributed by atoms with E-state index in [1.807, 2.05) is 29.2 Å². The summed E-state index contributed by atoms with van der Waals surface area (Å²) >= 11 is 4.14. The summed E-state index contributed by atoms with van der Waals surface area (Å²) in [5, 5.41) is 0. The molecular weight excluding hydrogens is 262 g/mol. The quantitative estimate of drug-likeness (QED) is 0.588. The molecule has 3 rings (SSSR count). The minimum Gasteiger partial charge on any atom is -0.299 e. The standard InChI is InChI=1S/C12H10.C6H9NS/c1-3-7-11(8-4-1)12-9-5-2-6-10-12;1-5-3-6(2)7(8)4-5/h1-10H;3-4,8H,1-2H3. The van der Waals surface area contributed by atoms with Crippen molar-refractivity contribution in [2.45, 2.75) is 13.8 Å². The van der Waals surface area contributed by atoms with Crippen LogP contribution in [-0.4, -0.2) is 3.97 Å². The van der Waals surface area contributed by atoms with Crippen LogP contribution in [0.4, 0.5) is 0 Å². The average Bonchev–Trinajstić information content (AvgIpc) is 2.78. The van der Waals surface area contributed by atoms with E-state index in [-0.39, 0.29) is 0 Å². The van der Waals surface area contributed by atoms with E-state index in [0.29, 0.717) is 0 Å². The molecule has 0 aliphatic carbocycles. The van der Waals surface area contributed by atoms with Gasteiger partial charge in [0.05, 0.1) is 0 Å². The number of benzene rings is 2. The van der Waals surface area contributed by atoms with Crippen LogP contribution in [0.15, 0.2) is 72.9 Å². The summed E-state index contributed by atoms with van der Waals surface area (Å²) in [4.78, 5) is 0. The first-order valence-electron chi connectivity index (χ1n) is 6.62. The third-order valence-corrected chi connectivity index (χ3v) is 3.44. The van der Waals surface area contributed by atoms with Crippen molar-refractivity contribution in [3.8, 4) is 11.1 Å². The van der Waals surface area contributed by atoms with Crippen LogP contribution < -0.4 is 0 Å². The molecule has 0 saturated carbocycles. The fraction of sp³-hybridized carbons (Fsp3) is 0.111. The van der Waals surface area contributed by atoms with Gasteiger partial charge >= 0.3 is 0 Å². The van der Waals surface area contributed by atoms with Crippen molar-refractivity contribution in [2.24, 2.45) is 0 Å². The summed E-state index contributed by atoms with van der Waals surface area (Å²) in [5.74, 6) is 0. The second-order valence-corrected chi connectivity index (χ2v) is 5.17. The first-order chi connectivity index (χ1) is 9.66. The molecule has 0 bridgehead atoms. The minimum absolute atomic E-state index is 1.19. The molecule has 0 atom stereocenters. The largest absolute Gasteiger partial charge is 0.299 e. The van der Waals surface area contributed by atoms with Crippen LogP contribution >= 0.6 is 12.8 Å². The maximum atomic E-state index is 4.14. The van der Waals surface area contributed by atoms with Gasteiger partial charge in [-0.25, -0.2) is 0 Å². The zero-order chi connectivity index (χ0) is 14.4. The van der Waals surface area contributed by atoms with Gasteiger partial charge in [-0.15, -0.1) is 0 Å². The summed E-state index contributed by atoms with van der Waals surface area (Å²) in [5.41, 5.74) is 5.00. The van der Waals surface area contributed by atoms with Gasteiger partial charge in [-0.05, 0) is 36.6 Å². The molecule has 20 heavy (non-hydrogen) atoms. The average molecular weight is 281 g/mol. The number of hydrogen-bond acceptors (Lipinski definition) is 1. The molecule has 0 saturated heterocycles. The molecule has 0 radical (unpaired) electrons. The second kappa shape index (κ2) is 7.01. The maximum absolute atomic E-state index is 4.14. The molecule has 1 heterocycles. The van der Waals surface area contributed by atoms with Crippen LogP contribution in [0.5, 0.6) is 0 Å². The molecule has 3 aromatic rings. The fourth-order valence-corrected chi connectivity index (χ4v) is 2.23. The highest BCUT2D eigenvalue weighted by atomic mass is 32.1. The summed E-state index contributed by atoms with van der Waals surface area (Å²) in [7, 11) is 0. The van der Waals surface area contributed by atoms with Crippen LogP contribution in [0.25, 0.3) is 11.1 Å². The van der Waals surface area contributed by atoms with Crippen LogP contribution in [0, 0.1) is 13.8 Å². The number of nitrogens with zero attached hydrogens (tertiary/aromatic N) is 1. The van der Waals surface area contributed by atoms with Crippen molar-refractivity contribution in [1.29, 1.82) is 0 Å². The van der Waals surface area contributed by atoms with Gasteiger partial charge in [-0.2, -0.15) is 0 Å². The molecule has 0 spiro atoms. The van der Waals surface area contributed by atoms with Gasteiger partial charge in [0.1, 0.15) is 0 Å². The molecule has 0 aliphatic rings. The predicted molar refractivity (Wildman–Crippen MR) is 90.2 cm³/mol. The van der Waals surface area contributed by atoms with Gasteiger partial charge in [-0.1, -0.05) is 73.5 Å². The zero-order valence-electron chi connectivity index (χ0n) is 11.8. The Bertz CT molecular complexity index is 585. The maximum Gasteiger partial charge on any atom is 0.0262 e. The van der Waals surface area contributed by atoms with Crippen LogP contribution in [0.1, 0.15) is 11.3 Å². The highest BCUT2D eigenvalue weighted by molar-refractivity contribution is 7.78. The lowest BCUT2D eigenvalue weighted by Gasteiger charge is -1.98. The summed E-state index contributed by atoms with van der Waals surface area (Å²) in [6.45, 7) is 4.08. The van der Waals surface area contributed by atoms with Crippen molar-refractivity contribution in [3.63, 3.8) is 0 Å². The predicted octanol–water partition coefficient (Wildman–Crippen LogP) is 5.15. The van der Waals surface area contributed by atoms with Gasteiger partial charge in [0.25, 0.3) is 0 Å². The lowest BCUT2D eigenvalue weighted by atomic mass is 10.1. The minimum atomic E-state index is 1.19. The molecule has 0 N–H and O–H groups in total. The van der Waals surface area contributed by atoms with E-state index < -0.39 is 0 Å². The van der Waals surface area contributed by atoms with Crippen molar-refractivity contribution in [1.82, 2.24) is 3.97 Å². The Kier molecular flexibility index (Phi) is 5.08. The molecular formula is C18H19NS. The van der Waals surface area contributed by atoms with E-state index in [1.54, 1.807) is 0 Å². The first kappa shape index (κ1) is 14.5. The number of aryl methyl sites for hydroxylation is 2. The fourth-order valence-electron chi connectivity index (χ4n) is 1.99. The Morgan fingerprint density at radius 1 is 0.750 bits per heavy atom. The highest BCUT2D eigenvalue weighted by Gasteiger charge is 1.92. The van der Waals surface area contributed by atoms with E-state index in [1.165, 1.54) is 22.4 Å². The molecule has 0 amide bonds. The second-order valence-electron chi connectivity index (χ2n) is 4.74. The third kappa shape index (κ3) is 4.04. The summed E-state index contributed by atoms with van der Waals surface area (Å²) < 4.78 is 1.81. The monoisotopic (exact) mass is 281 g/mol. The van der Waals surface area contributed by atoms with Gasteiger partial charge in [0.2, 0.25) is 0 Å². The third-order valence-electron chi connectivity index (χ3n) is 3.00. The van der Waals surface area contributed by atoms with Gasteiger partial charge < -0.3 is 0 Å². The topological polar surface area (TPSA) is 4.93 Å². The Morgan fingerprint density at radius 3 is 1.45 bits per heavy atom. The lowest BCUT2D eigenvalue weighted by Crippen LogP contribution is -1.76. The van der Waals surface area contributed by atoms with E-state index in [2.05, 4.69) is 74.3 Å². The van der Waals surface area contributed by atoms with E-state index in [4.69, 9.17) is 0 Å². The SMILES string of the molecule is Cc1cc(C)n(S)c1.c1ccc(-c2ccccc2)cc1. The summed E-state index contributed by atoms with van der Waals surface area (Å²) in [6.07, 6.45) is 1.98. The molecule has 102 valence electrons. The van der Waals surface area contributed by atoms with Crippen LogP contribution in [0.3, 0.4) is 0 Å². The first-order valence-corrected chi connectivity index (χ1v) is 7.02. The smallest absolute Gasteiger partial charge is 0.0262 e. The Hall–Kier alpha value is -1.93. The molecule has 0 aliphatic heterocycles. The van der Waals surface area contributed by atoms with Gasteiger partial charge in [-0.3, -0.25) is 3.97 Å². The van der Waals surface area contributed by atoms with Crippen molar-refractivity contribution < 1.29 is 0 Å². The van der Waals surface area contributed by atoms with Crippen molar-refractivity contribution in [2.75, 3.05) is 0 Å². The molecule has 1 aromatic heterocycles. The molecule has 0 fully saturated rings. The van der Waals surface area contributed by atoms with E-state index in [0.717, 1.165) is 0 Å². The Morgan fingerprint density at radius 2 is 1.20 bits per heavy atom.